The Hall–Kier alpha value is -2.26. The van der Waals surface area contributed by atoms with Crippen LogP contribution in [0.5, 0.6) is 0 Å². The maximum atomic E-state index is 14.6. The Bertz CT molecular complexity index is 988. The smallest absolute Gasteiger partial charge is 0.274 e. The lowest BCUT2D eigenvalue weighted by Gasteiger charge is -2.31. The Labute approximate surface area is 167 Å². The van der Waals surface area contributed by atoms with Gasteiger partial charge in [-0.2, -0.15) is 0 Å². The zero-order valence-electron chi connectivity index (χ0n) is 14.3. The number of aromatic nitrogens is 1. The van der Waals surface area contributed by atoms with Crippen LogP contribution in [0.15, 0.2) is 35.5 Å². The zero-order valence-corrected chi connectivity index (χ0v) is 15.8. The number of thioether (sulfide) groups is 1. The molecule has 0 radical (unpaired) electrons. The van der Waals surface area contributed by atoms with E-state index in [0.29, 0.717) is 11.4 Å². The van der Waals surface area contributed by atoms with Crippen molar-refractivity contribution in [3.63, 3.8) is 0 Å². The second kappa shape index (κ2) is 6.97. The van der Waals surface area contributed by atoms with E-state index in [4.69, 9.17) is 17.3 Å². The number of aliphatic imine (C=N–C) groups is 1. The number of alkyl halides is 1. The van der Waals surface area contributed by atoms with Gasteiger partial charge in [0.15, 0.2) is 16.8 Å². The van der Waals surface area contributed by atoms with Gasteiger partial charge in [-0.1, -0.05) is 23.4 Å². The lowest BCUT2D eigenvalue weighted by molar-refractivity contribution is 0.102. The summed E-state index contributed by atoms with van der Waals surface area (Å²) in [7, 11) is 0. The predicted molar refractivity (Wildman–Crippen MR) is 102 cm³/mol. The molecule has 1 aromatic heterocycles. The van der Waals surface area contributed by atoms with Crippen molar-refractivity contribution in [3.05, 3.63) is 58.4 Å². The van der Waals surface area contributed by atoms with E-state index in [1.165, 1.54) is 36.2 Å². The normalized spacial score (nSPS) is 25.6. The number of halogens is 4. The third-order valence-corrected chi connectivity index (χ3v) is 6.22. The van der Waals surface area contributed by atoms with Gasteiger partial charge in [-0.3, -0.25) is 4.79 Å². The topological polar surface area (TPSA) is 80.4 Å². The number of anilines is 1. The zero-order chi connectivity index (χ0) is 20.1. The first-order valence-electron chi connectivity index (χ1n) is 8.34. The van der Waals surface area contributed by atoms with Crippen molar-refractivity contribution >= 4 is 40.1 Å². The van der Waals surface area contributed by atoms with Gasteiger partial charge in [0, 0.05) is 34.7 Å². The standard InChI is InChI=1S/C18H14ClF3N4OS/c19-8-1-2-13(24-6-8)16(27)25-9-3-11(15(22)12(21)4-9)18(7-20)10-5-14(10)28-17(23)26-18/h1-4,6,10,14H,5,7H2,(H2,23,26)(H,25,27)/t10-,14+,18+/m1/s1. The summed E-state index contributed by atoms with van der Waals surface area (Å²) in [5.41, 5.74) is 3.93. The summed E-state index contributed by atoms with van der Waals surface area (Å²) in [5.74, 6) is -3.34. The number of nitrogens with zero attached hydrogens (tertiary/aromatic N) is 2. The molecule has 2 aromatic rings. The molecule has 146 valence electrons. The number of benzene rings is 1. The van der Waals surface area contributed by atoms with Gasteiger partial charge in [0.2, 0.25) is 0 Å². The molecule has 1 aliphatic carbocycles. The van der Waals surface area contributed by atoms with Crippen LogP contribution >= 0.6 is 23.4 Å². The molecule has 1 saturated carbocycles. The van der Waals surface area contributed by atoms with Crippen LogP contribution in [0.1, 0.15) is 22.5 Å². The molecule has 5 nitrogen and oxygen atoms in total. The van der Waals surface area contributed by atoms with Gasteiger partial charge in [-0.05, 0) is 24.6 Å². The maximum Gasteiger partial charge on any atom is 0.274 e. The summed E-state index contributed by atoms with van der Waals surface area (Å²) < 4.78 is 43.0. The largest absolute Gasteiger partial charge is 0.379 e. The summed E-state index contributed by atoms with van der Waals surface area (Å²) in [6.45, 7) is -1.03. The van der Waals surface area contributed by atoms with Gasteiger partial charge in [0.05, 0.1) is 5.02 Å². The molecule has 0 saturated heterocycles. The minimum atomic E-state index is -1.59. The quantitative estimate of drug-likeness (QED) is 0.777. The number of carbonyl (C=O) groups is 1. The summed E-state index contributed by atoms with van der Waals surface area (Å²) in [5, 5.41) is 2.95. The fourth-order valence-electron chi connectivity index (χ4n) is 3.41. The van der Waals surface area contributed by atoms with Crippen molar-refractivity contribution < 1.29 is 18.0 Å². The monoisotopic (exact) mass is 426 g/mol. The van der Waals surface area contributed by atoms with Crippen molar-refractivity contribution in [1.82, 2.24) is 4.98 Å². The number of pyridine rings is 1. The van der Waals surface area contributed by atoms with Gasteiger partial charge < -0.3 is 11.1 Å². The van der Waals surface area contributed by atoms with E-state index in [9.17, 15) is 18.0 Å². The number of amidine groups is 1. The van der Waals surface area contributed by atoms with E-state index in [1.807, 2.05) is 0 Å². The Morgan fingerprint density at radius 2 is 2.18 bits per heavy atom. The number of amides is 1. The molecule has 4 rings (SSSR count). The molecular formula is C18H14ClF3N4OS. The van der Waals surface area contributed by atoms with Crippen LogP contribution in [0, 0.1) is 17.6 Å². The van der Waals surface area contributed by atoms with Crippen LogP contribution in [0.3, 0.4) is 0 Å². The molecule has 10 heteroatoms. The Morgan fingerprint density at radius 1 is 1.39 bits per heavy atom. The minimum Gasteiger partial charge on any atom is -0.379 e. The van der Waals surface area contributed by atoms with Crippen LogP contribution in [0.25, 0.3) is 0 Å². The van der Waals surface area contributed by atoms with Crippen molar-refractivity contribution in [2.24, 2.45) is 16.6 Å². The highest BCUT2D eigenvalue weighted by Crippen LogP contribution is 2.58. The SMILES string of the molecule is NC1=N[C@](CF)(c2cc(NC(=O)c3ccc(Cl)cn3)cc(F)c2F)[C@@H]2C[C@@H]2S1. The number of fused-ring (bicyclic) bond motifs is 1. The molecule has 0 bridgehead atoms. The molecule has 28 heavy (non-hydrogen) atoms. The average molecular weight is 427 g/mol. The van der Waals surface area contributed by atoms with E-state index in [1.54, 1.807) is 0 Å². The van der Waals surface area contributed by atoms with E-state index in [2.05, 4.69) is 15.3 Å². The molecule has 0 spiro atoms. The first kappa shape index (κ1) is 19.1. The summed E-state index contributed by atoms with van der Waals surface area (Å²) in [4.78, 5) is 20.3. The molecule has 3 N–H and O–H groups in total. The second-order valence-electron chi connectivity index (χ2n) is 6.64. The van der Waals surface area contributed by atoms with Crippen LogP contribution < -0.4 is 11.1 Å². The Kier molecular flexibility index (Phi) is 4.75. The van der Waals surface area contributed by atoms with E-state index in [-0.39, 0.29) is 33.3 Å². The summed E-state index contributed by atoms with van der Waals surface area (Å²) >= 11 is 7.04. The fraction of sp³-hybridized carbons (Fsp3) is 0.278. The highest BCUT2D eigenvalue weighted by atomic mass is 35.5. The molecular weight excluding hydrogens is 413 g/mol. The van der Waals surface area contributed by atoms with Crippen LogP contribution in [-0.2, 0) is 5.54 Å². The van der Waals surface area contributed by atoms with Crippen LogP contribution in [-0.4, -0.2) is 28.0 Å². The summed E-state index contributed by atoms with van der Waals surface area (Å²) in [6.07, 6.45) is 1.89. The van der Waals surface area contributed by atoms with Crippen LogP contribution in [0.2, 0.25) is 5.02 Å². The molecule has 1 fully saturated rings. The molecule has 0 unspecified atom stereocenters. The third kappa shape index (κ3) is 3.22. The number of carbonyl (C=O) groups excluding carboxylic acids is 1. The van der Waals surface area contributed by atoms with E-state index >= 15 is 0 Å². The molecule has 1 aromatic carbocycles. The number of rotatable bonds is 4. The van der Waals surface area contributed by atoms with Crippen molar-refractivity contribution in [2.75, 3.05) is 12.0 Å². The highest BCUT2D eigenvalue weighted by molar-refractivity contribution is 8.14. The number of hydrogen-bond acceptors (Lipinski definition) is 5. The first-order chi connectivity index (χ1) is 13.3. The van der Waals surface area contributed by atoms with Crippen molar-refractivity contribution in [3.8, 4) is 0 Å². The maximum absolute atomic E-state index is 14.6. The number of nitrogens with one attached hydrogen (secondary N) is 1. The van der Waals surface area contributed by atoms with Gasteiger partial charge >= 0.3 is 0 Å². The van der Waals surface area contributed by atoms with Gasteiger partial charge in [-0.25, -0.2) is 23.1 Å². The first-order valence-corrected chi connectivity index (χ1v) is 9.60. The van der Waals surface area contributed by atoms with Crippen LogP contribution in [0.4, 0.5) is 18.9 Å². The van der Waals surface area contributed by atoms with E-state index in [0.717, 1.165) is 6.07 Å². The molecule has 2 heterocycles. The van der Waals surface area contributed by atoms with Gasteiger partial charge in [0.1, 0.15) is 17.9 Å². The average Bonchev–Trinajstić information content (AvgIpc) is 3.44. The molecule has 1 amide bonds. The van der Waals surface area contributed by atoms with E-state index < -0.39 is 29.8 Å². The van der Waals surface area contributed by atoms with Crippen molar-refractivity contribution in [2.45, 2.75) is 17.2 Å². The fourth-order valence-corrected chi connectivity index (χ4v) is 4.74. The highest BCUT2D eigenvalue weighted by Gasteiger charge is 2.58. The third-order valence-electron chi connectivity index (χ3n) is 4.84. The lowest BCUT2D eigenvalue weighted by atomic mass is 9.85. The van der Waals surface area contributed by atoms with Gasteiger partial charge in [-0.15, -0.1) is 0 Å². The van der Waals surface area contributed by atoms with Gasteiger partial charge in [0.25, 0.3) is 5.91 Å². The molecule has 3 atom stereocenters. The molecule has 2 aliphatic rings. The summed E-state index contributed by atoms with van der Waals surface area (Å²) in [6, 6.07) is 4.89. The predicted octanol–water partition coefficient (Wildman–Crippen LogP) is 3.88. The van der Waals surface area contributed by atoms with Crippen molar-refractivity contribution in [1.29, 1.82) is 0 Å². The Balaban J connectivity index is 1.72. The number of nitrogens with two attached hydrogens (primary N) is 1. The number of hydrogen-bond donors (Lipinski definition) is 2. The second-order valence-corrected chi connectivity index (χ2v) is 8.34. The minimum absolute atomic E-state index is 0.0206. The molecule has 1 aliphatic heterocycles. The Morgan fingerprint density at radius 3 is 2.86 bits per heavy atom. The lowest BCUT2D eigenvalue weighted by Crippen LogP contribution is -2.37.